The van der Waals surface area contributed by atoms with Gasteiger partial charge in [-0.3, -0.25) is 11.3 Å². The molecule has 2 rings (SSSR count). The Kier molecular flexibility index (Phi) is 4.58. The molecule has 1 aliphatic carbocycles. The highest BCUT2D eigenvalue weighted by molar-refractivity contribution is 4.93. The Morgan fingerprint density at radius 1 is 1.38 bits per heavy atom. The number of hydrazine groups is 1. The Hall–Kier alpha value is -0.160. The van der Waals surface area contributed by atoms with Crippen LogP contribution in [0.1, 0.15) is 32.6 Å². The first kappa shape index (κ1) is 12.3. The molecule has 1 aliphatic heterocycles. The molecular formula is C12H24N2O2. The normalized spacial score (nSPS) is 30.0. The molecule has 1 saturated heterocycles. The molecule has 4 heteroatoms. The van der Waals surface area contributed by atoms with Gasteiger partial charge in [0, 0.05) is 19.1 Å². The van der Waals surface area contributed by atoms with E-state index in [-0.39, 0.29) is 12.1 Å². The number of hydrogen-bond acceptors (Lipinski definition) is 4. The van der Waals surface area contributed by atoms with Crippen LogP contribution in [0.3, 0.4) is 0 Å². The van der Waals surface area contributed by atoms with Gasteiger partial charge in [0.2, 0.25) is 0 Å². The van der Waals surface area contributed by atoms with Crippen molar-refractivity contribution >= 4 is 0 Å². The predicted octanol–water partition coefficient (Wildman–Crippen LogP) is 1.06. The van der Waals surface area contributed by atoms with Crippen LogP contribution in [0, 0.1) is 11.8 Å². The van der Waals surface area contributed by atoms with Crippen LogP contribution in [-0.2, 0) is 9.47 Å². The van der Waals surface area contributed by atoms with Crippen LogP contribution >= 0.6 is 0 Å². The summed E-state index contributed by atoms with van der Waals surface area (Å²) in [6, 6.07) is 0.257. The monoisotopic (exact) mass is 228 g/mol. The van der Waals surface area contributed by atoms with Crippen molar-refractivity contribution in [3.63, 3.8) is 0 Å². The largest absolute Gasteiger partial charge is 0.381 e. The summed E-state index contributed by atoms with van der Waals surface area (Å²) in [4.78, 5) is 0. The molecule has 2 aliphatic rings. The van der Waals surface area contributed by atoms with Gasteiger partial charge < -0.3 is 9.47 Å². The summed E-state index contributed by atoms with van der Waals surface area (Å²) in [5, 5.41) is 0. The molecule has 3 unspecified atom stereocenters. The van der Waals surface area contributed by atoms with Crippen molar-refractivity contribution in [3.05, 3.63) is 0 Å². The minimum Gasteiger partial charge on any atom is -0.381 e. The van der Waals surface area contributed by atoms with Gasteiger partial charge in [-0.15, -0.1) is 0 Å². The van der Waals surface area contributed by atoms with E-state index in [0.29, 0.717) is 11.8 Å². The van der Waals surface area contributed by atoms with Gasteiger partial charge in [-0.25, -0.2) is 0 Å². The Labute approximate surface area is 97.8 Å². The predicted molar refractivity (Wildman–Crippen MR) is 62.8 cm³/mol. The summed E-state index contributed by atoms with van der Waals surface area (Å²) in [6.45, 7) is 4.55. The average Bonchev–Trinajstić information content (AvgIpc) is 3.14. The van der Waals surface area contributed by atoms with Crippen molar-refractivity contribution in [1.82, 2.24) is 5.43 Å². The lowest BCUT2D eigenvalue weighted by Crippen LogP contribution is -2.52. The molecule has 4 nitrogen and oxygen atoms in total. The van der Waals surface area contributed by atoms with Crippen LogP contribution in [0.15, 0.2) is 0 Å². The second-order valence-electron chi connectivity index (χ2n) is 4.93. The van der Waals surface area contributed by atoms with Gasteiger partial charge >= 0.3 is 0 Å². The highest BCUT2D eigenvalue weighted by atomic mass is 16.5. The molecule has 0 aromatic heterocycles. The molecule has 0 bridgehead atoms. The number of nitrogens with one attached hydrogen (secondary N) is 1. The first-order valence-electron chi connectivity index (χ1n) is 6.52. The van der Waals surface area contributed by atoms with Crippen molar-refractivity contribution < 1.29 is 9.47 Å². The van der Waals surface area contributed by atoms with Gasteiger partial charge in [0.05, 0.1) is 18.8 Å². The fraction of sp³-hybridized carbons (Fsp3) is 1.00. The Balaban J connectivity index is 1.94. The zero-order valence-electron chi connectivity index (χ0n) is 10.2. The highest BCUT2D eigenvalue weighted by Crippen LogP contribution is 2.38. The van der Waals surface area contributed by atoms with E-state index in [1.54, 1.807) is 0 Å². The van der Waals surface area contributed by atoms with E-state index in [9.17, 15) is 0 Å². The third-order valence-electron chi connectivity index (χ3n) is 3.70. The maximum Gasteiger partial charge on any atom is 0.0772 e. The molecule has 1 heterocycles. The molecule has 1 saturated carbocycles. The molecule has 0 amide bonds. The van der Waals surface area contributed by atoms with Gasteiger partial charge in [-0.2, -0.15) is 0 Å². The summed E-state index contributed by atoms with van der Waals surface area (Å²) in [5.74, 6) is 6.94. The lowest BCUT2D eigenvalue weighted by atomic mass is 9.88. The first-order valence-corrected chi connectivity index (χ1v) is 6.52. The summed E-state index contributed by atoms with van der Waals surface area (Å²) in [5.41, 5.74) is 2.97. The molecule has 0 aromatic carbocycles. The fourth-order valence-corrected chi connectivity index (χ4v) is 2.70. The zero-order chi connectivity index (χ0) is 11.4. The Morgan fingerprint density at radius 3 is 2.69 bits per heavy atom. The molecular weight excluding hydrogens is 204 g/mol. The van der Waals surface area contributed by atoms with Crippen molar-refractivity contribution in [2.75, 3.05) is 19.8 Å². The lowest BCUT2D eigenvalue weighted by molar-refractivity contribution is -0.0319. The topological polar surface area (TPSA) is 56.5 Å². The Morgan fingerprint density at radius 2 is 2.19 bits per heavy atom. The maximum absolute atomic E-state index is 5.87. The van der Waals surface area contributed by atoms with E-state index in [4.69, 9.17) is 15.3 Å². The van der Waals surface area contributed by atoms with Crippen LogP contribution in [0.5, 0.6) is 0 Å². The second-order valence-corrected chi connectivity index (χ2v) is 4.93. The molecule has 16 heavy (non-hydrogen) atoms. The fourth-order valence-electron chi connectivity index (χ4n) is 2.70. The standard InChI is InChI=1S/C12H24N2O2/c1-2-16-12(9-5-6-9)11(14-13)10-4-3-7-15-8-10/h9-12,14H,2-8,13H2,1H3. The summed E-state index contributed by atoms with van der Waals surface area (Å²) >= 11 is 0. The second kappa shape index (κ2) is 5.96. The van der Waals surface area contributed by atoms with E-state index >= 15 is 0 Å². The smallest absolute Gasteiger partial charge is 0.0772 e. The summed E-state index contributed by atoms with van der Waals surface area (Å²) in [7, 11) is 0. The van der Waals surface area contributed by atoms with Gasteiger partial charge in [0.25, 0.3) is 0 Å². The van der Waals surface area contributed by atoms with E-state index in [2.05, 4.69) is 12.3 Å². The van der Waals surface area contributed by atoms with Crippen molar-refractivity contribution in [1.29, 1.82) is 0 Å². The van der Waals surface area contributed by atoms with Gasteiger partial charge in [-0.05, 0) is 38.5 Å². The zero-order valence-corrected chi connectivity index (χ0v) is 10.2. The van der Waals surface area contributed by atoms with Crippen LogP contribution in [-0.4, -0.2) is 32.0 Å². The first-order chi connectivity index (χ1) is 7.86. The van der Waals surface area contributed by atoms with E-state index in [0.717, 1.165) is 26.2 Å². The van der Waals surface area contributed by atoms with Gasteiger partial charge in [0.15, 0.2) is 0 Å². The van der Waals surface area contributed by atoms with Gasteiger partial charge in [0.1, 0.15) is 0 Å². The molecule has 2 fully saturated rings. The van der Waals surface area contributed by atoms with Crippen molar-refractivity contribution in [3.8, 4) is 0 Å². The SMILES string of the molecule is CCOC(C1CC1)C(NN)C1CCCOC1. The molecule has 94 valence electrons. The van der Waals surface area contributed by atoms with Gasteiger partial charge in [-0.1, -0.05) is 0 Å². The third-order valence-corrected chi connectivity index (χ3v) is 3.70. The minimum atomic E-state index is 0.257. The number of hydrogen-bond donors (Lipinski definition) is 2. The quantitative estimate of drug-likeness (QED) is 0.527. The van der Waals surface area contributed by atoms with Crippen LogP contribution in [0.4, 0.5) is 0 Å². The lowest BCUT2D eigenvalue weighted by Gasteiger charge is -2.35. The molecule has 3 atom stereocenters. The van der Waals surface area contributed by atoms with E-state index in [1.165, 1.54) is 19.3 Å². The summed E-state index contributed by atoms with van der Waals surface area (Å²) in [6.07, 6.45) is 5.20. The minimum absolute atomic E-state index is 0.257. The number of nitrogens with two attached hydrogens (primary N) is 1. The summed E-state index contributed by atoms with van der Waals surface area (Å²) < 4.78 is 11.4. The van der Waals surface area contributed by atoms with Crippen LogP contribution < -0.4 is 11.3 Å². The van der Waals surface area contributed by atoms with Crippen LogP contribution in [0.25, 0.3) is 0 Å². The van der Waals surface area contributed by atoms with E-state index < -0.39 is 0 Å². The molecule has 0 spiro atoms. The number of rotatable bonds is 6. The van der Waals surface area contributed by atoms with Crippen molar-refractivity contribution in [2.24, 2.45) is 17.7 Å². The average molecular weight is 228 g/mol. The van der Waals surface area contributed by atoms with E-state index in [1.807, 2.05) is 0 Å². The number of ether oxygens (including phenoxy) is 2. The maximum atomic E-state index is 5.87. The van der Waals surface area contributed by atoms with Crippen molar-refractivity contribution in [2.45, 2.75) is 44.8 Å². The molecule has 3 N–H and O–H groups in total. The highest BCUT2D eigenvalue weighted by Gasteiger charge is 2.40. The molecule has 0 radical (unpaired) electrons. The third kappa shape index (κ3) is 2.94. The molecule has 0 aromatic rings. The van der Waals surface area contributed by atoms with Crippen LogP contribution in [0.2, 0.25) is 0 Å². The Bertz CT molecular complexity index is 203.